The second kappa shape index (κ2) is 5.80. The molecule has 1 heterocycles. The summed E-state index contributed by atoms with van der Waals surface area (Å²) >= 11 is 0. The van der Waals surface area contributed by atoms with E-state index in [2.05, 4.69) is 0 Å². The lowest BCUT2D eigenvalue weighted by molar-refractivity contribution is -0.119. The highest BCUT2D eigenvalue weighted by Crippen LogP contribution is 2.15. The first kappa shape index (κ1) is 14.8. The summed E-state index contributed by atoms with van der Waals surface area (Å²) in [4.78, 5) is 15.6. The summed E-state index contributed by atoms with van der Waals surface area (Å²) < 4.78 is 22.7. The Morgan fingerprint density at radius 1 is 1.25 bits per heavy atom. The van der Waals surface area contributed by atoms with Crippen molar-refractivity contribution in [3.8, 4) is 0 Å². The molecular weight excluding hydrogens is 278 g/mol. The molecular formula is C13H19N3O3S. The van der Waals surface area contributed by atoms with E-state index in [9.17, 15) is 13.2 Å². The molecule has 2 rings (SSSR count). The predicted molar refractivity (Wildman–Crippen MR) is 79.4 cm³/mol. The van der Waals surface area contributed by atoms with Crippen molar-refractivity contribution in [2.75, 3.05) is 48.8 Å². The fraction of sp³-hybridized carbons (Fsp3) is 0.462. The molecule has 0 unspecified atom stereocenters. The standard InChI is InChI=1S/C13H19N3O3S/c1-15(12-4-2-11(14)3-5-12)13(17)10-16-6-8-20(18,19)9-7-16/h2-5H,6-10,14H2,1H3. The molecule has 1 saturated heterocycles. The van der Waals surface area contributed by atoms with E-state index < -0.39 is 9.84 Å². The maximum atomic E-state index is 12.2. The molecule has 1 amide bonds. The second-order valence-corrected chi connectivity index (χ2v) is 7.28. The maximum absolute atomic E-state index is 12.2. The third-order valence-electron chi connectivity index (χ3n) is 3.45. The molecule has 0 saturated carbocycles. The minimum Gasteiger partial charge on any atom is -0.399 e. The van der Waals surface area contributed by atoms with E-state index in [-0.39, 0.29) is 24.0 Å². The molecule has 2 N–H and O–H groups in total. The lowest BCUT2D eigenvalue weighted by atomic mass is 10.2. The minimum absolute atomic E-state index is 0.0610. The van der Waals surface area contributed by atoms with Crippen LogP contribution < -0.4 is 10.6 Å². The molecule has 1 aliphatic rings. The van der Waals surface area contributed by atoms with Crippen molar-refractivity contribution in [1.82, 2.24) is 4.90 Å². The van der Waals surface area contributed by atoms with Crippen molar-refractivity contribution < 1.29 is 13.2 Å². The Morgan fingerprint density at radius 3 is 2.35 bits per heavy atom. The highest BCUT2D eigenvalue weighted by molar-refractivity contribution is 7.91. The van der Waals surface area contributed by atoms with E-state index in [0.717, 1.165) is 5.69 Å². The van der Waals surface area contributed by atoms with Gasteiger partial charge in [0.25, 0.3) is 0 Å². The first-order valence-electron chi connectivity index (χ1n) is 6.42. The number of sulfone groups is 1. The summed E-state index contributed by atoms with van der Waals surface area (Å²) in [6, 6.07) is 7.06. The molecule has 7 heteroatoms. The van der Waals surface area contributed by atoms with Crippen LogP contribution in [0, 0.1) is 0 Å². The SMILES string of the molecule is CN(C(=O)CN1CCS(=O)(=O)CC1)c1ccc(N)cc1. The monoisotopic (exact) mass is 297 g/mol. The van der Waals surface area contributed by atoms with Crippen LogP contribution in [0.1, 0.15) is 0 Å². The number of nitrogen functional groups attached to an aromatic ring is 1. The highest BCUT2D eigenvalue weighted by Gasteiger charge is 2.24. The third-order valence-corrected chi connectivity index (χ3v) is 5.06. The predicted octanol–water partition coefficient (Wildman–Crippen LogP) is -0.0380. The van der Waals surface area contributed by atoms with E-state index in [4.69, 9.17) is 5.73 Å². The number of nitrogens with two attached hydrogens (primary N) is 1. The van der Waals surface area contributed by atoms with Gasteiger partial charge in [-0.05, 0) is 24.3 Å². The fourth-order valence-corrected chi connectivity index (χ4v) is 3.32. The summed E-state index contributed by atoms with van der Waals surface area (Å²) in [5.41, 5.74) is 7.03. The lowest BCUT2D eigenvalue weighted by Crippen LogP contribution is -2.45. The maximum Gasteiger partial charge on any atom is 0.240 e. The number of anilines is 2. The van der Waals surface area contributed by atoms with Gasteiger partial charge in [-0.15, -0.1) is 0 Å². The number of amides is 1. The minimum atomic E-state index is -2.91. The van der Waals surface area contributed by atoms with Crippen LogP contribution in [0.4, 0.5) is 11.4 Å². The van der Waals surface area contributed by atoms with Gasteiger partial charge >= 0.3 is 0 Å². The smallest absolute Gasteiger partial charge is 0.240 e. The van der Waals surface area contributed by atoms with Crippen molar-refractivity contribution in [3.63, 3.8) is 0 Å². The largest absolute Gasteiger partial charge is 0.399 e. The topological polar surface area (TPSA) is 83.7 Å². The molecule has 0 spiro atoms. The van der Waals surface area contributed by atoms with Gasteiger partial charge in [-0.2, -0.15) is 0 Å². The molecule has 0 radical (unpaired) electrons. The Balaban J connectivity index is 1.93. The zero-order valence-electron chi connectivity index (χ0n) is 11.4. The van der Waals surface area contributed by atoms with E-state index >= 15 is 0 Å². The summed E-state index contributed by atoms with van der Waals surface area (Å²) in [7, 11) is -1.21. The van der Waals surface area contributed by atoms with Gasteiger partial charge < -0.3 is 10.6 Å². The van der Waals surface area contributed by atoms with E-state index in [0.29, 0.717) is 18.8 Å². The van der Waals surface area contributed by atoms with Gasteiger partial charge in [0.1, 0.15) is 0 Å². The molecule has 1 aromatic rings. The van der Waals surface area contributed by atoms with E-state index in [1.54, 1.807) is 36.2 Å². The quantitative estimate of drug-likeness (QED) is 0.792. The van der Waals surface area contributed by atoms with Crippen molar-refractivity contribution in [1.29, 1.82) is 0 Å². The third kappa shape index (κ3) is 3.71. The fourth-order valence-electron chi connectivity index (χ4n) is 2.05. The van der Waals surface area contributed by atoms with Crippen LogP contribution in [-0.4, -0.2) is 57.4 Å². The zero-order valence-corrected chi connectivity index (χ0v) is 12.3. The molecule has 6 nitrogen and oxygen atoms in total. The number of likely N-dealkylation sites (N-methyl/N-ethyl adjacent to an activating group) is 1. The first-order valence-corrected chi connectivity index (χ1v) is 8.24. The number of hydrogen-bond donors (Lipinski definition) is 1. The van der Waals surface area contributed by atoms with Gasteiger partial charge in [-0.3, -0.25) is 9.69 Å². The average Bonchev–Trinajstić information content (AvgIpc) is 2.41. The van der Waals surface area contributed by atoms with Gasteiger partial charge in [-0.1, -0.05) is 0 Å². The number of hydrogen-bond acceptors (Lipinski definition) is 5. The normalized spacial score (nSPS) is 18.6. The molecule has 1 aromatic carbocycles. The van der Waals surface area contributed by atoms with Crippen molar-refractivity contribution in [2.45, 2.75) is 0 Å². The average molecular weight is 297 g/mol. The molecule has 110 valence electrons. The lowest BCUT2D eigenvalue weighted by Gasteiger charge is -2.28. The van der Waals surface area contributed by atoms with Crippen LogP contribution in [0.5, 0.6) is 0 Å². The Labute approximate surface area is 119 Å². The molecule has 20 heavy (non-hydrogen) atoms. The van der Waals surface area contributed by atoms with Crippen LogP contribution in [0.2, 0.25) is 0 Å². The molecule has 0 aromatic heterocycles. The van der Waals surface area contributed by atoms with Gasteiger partial charge in [0.05, 0.1) is 18.1 Å². The second-order valence-electron chi connectivity index (χ2n) is 4.97. The number of nitrogens with zero attached hydrogens (tertiary/aromatic N) is 2. The van der Waals surface area contributed by atoms with Crippen LogP contribution in [0.25, 0.3) is 0 Å². The summed E-state index contributed by atoms with van der Waals surface area (Å²) in [5, 5.41) is 0. The summed E-state index contributed by atoms with van der Waals surface area (Å²) in [6.07, 6.45) is 0. The zero-order chi connectivity index (χ0) is 14.8. The Bertz CT molecular complexity index is 569. The van der Waals surface area contributed by atoms with Crippen molar-refractivity contribution in [3.05, 3.63) is 24.3 Å². The number of carbonyl (C=O) groups is 1. The molecule has 0 bridgehead atoms. The number of benzene rings is 1. The van der Waals surface area contributed by atoms with Crippen molar-refractivity contribution in [2.24, 2.45) is 0 Å². The Morgan fingerprint density at radius 2 is 1.80 bits per heavy atom. The number of rotatable bonds is 3. The van der Waals surface area contributed by atoms with Gasteiger partial charge in [-0.25, -0.2) is 8.42 Å². The van der Waals surface area contributed by atoms with E-state index in [1.807, 2.05) is 4.90 Å². The molecule has 0 aliphatic carbocycles. The summed E-state index contributed by atoms with van der Waals surface area (Å²) in [6.45, 7) is 1.07. The van der Waals surface area contributed by atoms with Crippen molar-refractivity contribution >= 4 is 27.1 Å². The van der Waals surface area contributed by atoms with Gasteiger partial charge in [0.2, 0.25) is 5.91 Å². The van der Waals surface area contributed by atoms with Crippen LogP contribution in [0.3, 0.4) is 0 Å². The Hall–Kier alpha value is -1.60. The molecule has 1 aliphatic heterocycles. The molecule has 1 fully saturated rings. The summed E-state index contributed by atoms with van der Waals surface area (Å²) in [5.74, 6) is 0.201. The number of carbonyl (C=O) groups excluding carboxylic acids is 1. The van der Waals surface area contributed by atoms with Gasteiger partial charge in [0, 0.05) is 31.5 Å². The Kier molecular flexibility index (Phi) is 4.29. The van der Waals surface area contributed by atoms with Crippen LogP contribution >= 0.6 is 0 Å². The van der Waals surface area contributed by atoms with E-state index in [1.165, 1.54) is 0 Å². The highest BCUT2D eigenvalue weighted by atomic mass is 32.2. The molecule has 0 atom stereocenters. The van der Waals surface area contributed by atoms with Crippen LogP contribution in [-0.2, 0) is 14.6 Å². The first-order chi connectivity index (χ1) is 9.37. The van der Waals surface area contributed by atoms with Crippen LogP contribution in [0.15, 0.2) is 24.3 Å². The van der Waals surface area contributed by atoms with Gasteiger partial charge in [0.15, 0.2) is 9.84 Å².